The number of carbonyl (C=O) groups excluding carboxylic acids is 1. The molecule has 1 atom stereocenters. The minimum Gasteiger partial charge on any atom is -0.481 e. The van der Waals surface area contributed by atoms with E-state index < -0.39 is 11.9 Å². The summed E-state index contributed by atoms with van der Waals surface area (Å²) in [6, 6.07) is 0. The summed E-state index contributed by atoms with van der Waals surface area (Å²) in [5, 5.41) is 8.63. The fourth-order valence-corrected chi connectivity index (χ4v) is 1.75. The minimum absolute atomic E-state index is 0.0206. The first kappa shape index (κ1) is 12.0. The molecule has 0 saturated heterocycles. The molecule has 15 heavy (non-hydrogen) atoms. The van der Waals surface area contributed by atoms with E-state index in [1.165, 1.54) is 13.3 Å². The molecule has 1 aliphatic carbocycles. The summed E-state index contributed by atoms with van der Waals surface area (Å²) in [4.78, 5) is 21.9. The van der Waals surface area contributed by atoms with Crippen LogP contribution in [0.1, 0.15) is 45.4 Å². The Morgan fingerprint density at radius 2 is 1.93 bits per heavy atom. The summed E-state index contributed by atoms with van der Waals surface area (Å²) in [7, 11) is 0. The van der Waals surface area contributed by atoms with Gasteiger partial charge in [0.25, 0.3) is 0 Å². The molecule has 86 valence electrons. The van der Waals surface area contributed by atoms with Gasteiger partial charge in [0.2, 0.25) is 0 Å². The zero-order chi connectivity index (χ0) is 11.3. The zero-order valence-electron chi connectivity index (χ0n) is 9.07. The van der Waals surface area contributed by atoms with Gasteiger partial charge in [0.05, 0.1) is 12.3 Å². The molecule has 1 saturated carbocycles. The van der Waals surface area contributed by atoms with Crippen molar-refractivity contribution in [2.75, 3.05) is 0 Å². The molecule has 4 heteroatoms. The summed E-state index contributed by atoms with van der Waals surface area (Å²) in [6.45, 7) is 1.52. The average Bonchev–Trinajstić information content (AvgIpc) is 2.18. The Hall–Kier alpha value is -1.06. The number of aliphatic carboxylic acids is 1. The summed E-state index contributed by atoms with van der Waals surface area (Å²) < 4.78 is 5.21. The normalized spacial score (nSPS) is 19.5. The highest BCUT2D eigenvalue weighted by Gasteiger charge is 2.21. The molecule has 0 amide bonds. The number of rotatable bonds is 4. The molecule has 0 unspecified atom stereocenters. The van der Waals surface area contributed by atoms with Crippen LogP contribution < -0.4 is 0 Å². The molecule has 0 spiro atoms. The molecule has 0 radical (unpaired) electrons. The highest BCUT2D eigenvalue weighted by atomic mass is 16.5. The van der Waals surface area contributed by atoms with Gasteiger partial charge in [0.15, 0.2) is 0 Å². The second-order valence-electron chi connectivity index (χ2n) is 4.19. The fourth-order valence-electron chi connectivity index (χ4n) is 1.75. The average molecular weight is 214 g/mol. The van der Waals surface area contributed by atoms with Gasteiger partial charge < -0.3 is 9.84 Å². The lowest BCUT2D eigenvalue weighted by atomic mass is 9.98. The predicted molar refractivity (Wildman–Crippen MR) is 54.4 cm³/mol. The summed E-state index contributed by atoms with van der Waals surface area (Å²) >= 11 is 0. The molecule has 0 aliphatic heterocycles. The van der Waals surface area contributed by atoms with Crippen LogP contribution in [0.3, 0.4) is 0 Å². The molecule has 1 N–H and O–H groups in total. The Kier molecular flexibility index (Phi) is 4.59. The summed E-state index contributed by atoms with van der Waals surface area (Å²) in [5.74, 6) is -1.98. The second-order valence-corrected chi connectivity index (χ2v) is 4.19. The van der Waals surface area contributed by atoms with Gasteiger partial charge in [0, 0.05) is 0 Å². The molecule has 0 heterocycles. The van der Waals surface area contributed by atoms with Crippen LogP contribution in [0.5, 0.6) is 0 Å². The van der Waals surface area contributed by atoms with Crippen LogP contribution in [0.2, 0.25) is 0 Å². The van der Waals surface area contributed by atoms with Crippen molar-refractivity contribution in [2.24, 2.45) is 5.92 Å². The van der Waals surface area contributed by atoms with E-state index in [2.05, 4.69) is 0 Å². The molecule has 0 aromatic heterocycles. The Bertz CT molecular complexity index is 231. The van der Waals surface area contributed by atoms with E-state index in [-0.39, 0.29) is 18.5 Å². The molecule has 0 bridgehead atoms. The molecule has 4 nitrogen and oxygen atoms in total. The van der Waals surface area contributed by atoms with Crippen LogP contribution in [0.15, 0.2) is 0 Å². The number of hydrogen-bond donors (Lipinski definition) is 1. The van der Waals surface area contributed by atoms with Crippen molar-refractivity contribution >= 4 is 11.9 Å². The van der Waals surface area contributed by atoms with Gasteiger partial charge in [0.1, 0.15) is 6.10 Å². The fraction of sp³-hybridized carbons (Fsp3) is 0.818. The SMILES string of the molecule is C[C@H](CC(=O)OC1CCCCC1)C(=O)O. The maximum atomic E-state index is 11.3. The van der Waals surface area contributed by atoms with Gasteiger partial charge in [-0.15, -0.1) is 0 Å². The first-order valence-electron chi connectivity index (χ1n) is 5.52. The zero-order valence-corrected chi connectivity index (χ0v) is 9.07. The third kappa shape index (κ3) is 4.32. The Morgan fingerprint density at radius 3 is 2.47 bits per heavy atom. The lowest BCUT2D eigenvalue weighted by Gasteiger charge is -2.22. The van der Waals surface area contributed by atoms with E-state index in [1.807, 2.05) is 0 Å². The Morgan fingerprint density at radius 1 is 1.33 bits per heavy atom. The van der Waals surface area contributed by atoms with Crippen molar-refractivity contribution in [3.63, 3.8) is 0 Å². The Labute approximate surface area is 89.6 Å². The number of carbonyl (C=O) groups is 2. The van der Waals surface area contributed by atoms with E-state index in [4.69, 9.17) is 9.84 Å². The van der Waals surface area contributed by atoms with Gasteiger partial charge in [-0.3, -0.25) is 9.59 Å². The molecule has 1 rings (SSSR count). The second kappa shape index (κ2) is 5.73. The molecule has 1 aliphatic rings. The summed E-state index contributed by atoms with van der Waals surface area (Å²) in [5.41, 5.74) is 0. The quantitative estimate of drug-likeness (QED) is 0.727. The van der Waals surface area contributed by atoms with Gasteiger partial charge in [-0.25, -0.2) is 0 Å². The van der Waals surface area contributed by atoms with Gasteiger partial charge in [-0.05, 0) is 25.7 Å². The largest absolute Gasteiger partial charge is 0.481 e. The first-order chi connectivity index (χ1) is 7.09. The van der Waals surface area contributed by atoms with Crippen LogP contribution >= 0.6 is 0 Å². The van der Waals surface area contributed by atoms with Crippen LogP contribution in [-0.4, -0.2) is 23.1 Å². The lowest BCUT2D eigenvalue weighted by Crippen LogP contribution is -2.23. The molecular weight excluding hydrogens is 196 g/mol. The third-order valence-electron chi connectivity index (χ3n) is 2.74. The number of hydrogen-bond acceptors (Lipinski definition) is 3. The number of carboxylic acid groups (broad SMARTS) is 1. The first-order valence-corrected chi connectivity index (χ1v) is 5.52. The topological polar surface area (TPSA) is 63.6 Å². The van der Waals surface area contributed by atoms with Crippen molar-refractivity contribution in [1.29, 1.82) is 0 Å². The van der Waals surface area contributed by atoms with Crippen LogP contribution in [0.4, 0.5) is 0 Å². The molecule has 0 aromatic rings. The molecular formula is C11H18O4. The maximum Gasteiger partial charge on any atom is 0.306 e. The molecule has 1 fully saturated rings. The number of esters is 1. The Balaban J connectivity index is 2.25. The number of carboxylic acids is 1. The highest BCUT2D eigenvalue weighted by Crippen LogP contribution is 2.21. The van der Waals surface area contributed by atoms with Crippen LogP contribution in [0, 0.1) is 5.92 Å². The van der Waals surface area contributed by atoms with Crippen molar-refractivity contribution in [2.45, 2.75) is 51.6 Å². The van der Waals surface area contributed by atoms with Gasteiger partial charge in [-0.1, -0.05) is 13.3 Å². The van der Waals surface area contributed by atoms with Crippen LogP contribution in [-0.2, 0) is 14.3 Å². The summed E-state index contributed by atoms with van der Waals surface area (Å²) in [6.07, 6.45) is 5.26. The lowest BCUT2D eigenvalue weighted by molar-refractivity contribution is -0.155. The smallest absolute Gasteiger partial charge is 0.306 e. The van der Waals surface area contributed by atoms with E-state index in [0.717, 1.165) is 25.7 Å². The number of ether oxygens (including phenoxy) is 1. The van der Waals surface area contributed by atoms with E-state index in [0.29, 0.717) is 0 Å². The van der Waals surface area contributed by atoms with E-state index >= 15 is 0 Å². The van der Waals surface area contributed by atoms with Crippen LogP contribution in [0.25, 0.3) is 0 Å². The van der Waals surface area contributed by atoms with Crippen molar-refractivity contribution in [3.8, 4) is 0 Å². The predicted octanol–water partition coefficient (Wildman–Crippen LogP) is 1.97. The van der Waals surface area contributed by atoms with Gasteiger partial charge in [-0.2, -0.15) is 0 Å². The minimum atomic E-state index is -0.949. The monoisotopic (exact) mass is 214 g/mol. The highest BCUT2D eigenvalue weighted by molar-refractivity contribution is 5.78. The maximum absolute atomic E-state index is 11.3. The van der Waals surface area contributed by atoms with Crippen molar-refractivity contribution < 1.29 is 19.4 Å². The molecule has 0 aromatic carbocycles. The van der Waals surface area contributed by atoms with E-state index in [9.17, 15) is 9.59 Å². The third-order valence-corrected chi connectivity index (χ3v) is 2.74. The van der Waals surface area contributed by atoms with E-state index in [1.54, 1.807) is 0 Å². The van der Waals surface area contributed by atoms with Crippen molar-refractivity contribution in [1.82, 2.24) is 0 Å². The van der Waals surface area contributed by atoms with Gasteiger partial charge >= 0.3 is 11.9 Å². The standard InChI is InChI=1S/C11H18O4/c1-8(11(13)14)7-10(12)15-9-5-3-2-4-6-9/h8-9H,2-7H2,1H3,(H,13,14)/t8-/m1/s1. The van der Waals surface area contributed by atoms with Crippen molar-refractivity contribution in [3.05, 3.63) is 0 Å².